The number of allylic oxidation sites excluding steroid dienone is 1. The Morgan fingerprint density at radius 3 is 2.72 bits per heavy atom. The van der Waals surface area contributed by atoms with E-state index >= 15 is 0 Å². The van der Waals surface area contributed by atoms with Gasteiger partial charge in [-0.1, -0.05) is 6.58 Å². The van der Waals surface area contributed by atoms with E-state index in [1.807, 2.05) is 0 Å². The van der Waals surface area contributed by atoms with Gasteiger partial charge in [-0.3, -0.25) is 9.59 Å². The number of anilines is 1. The number of ether oxygens (including phenoxy) is 1. The Labute approximate surface area is 106 Å². The molecular formula is C14H15NO3. The van der Waals surface area contributed by atoms with Gasteiger partial charge in [-0.25, -0.2) is 0 Å². The zero-order valence-corrected chi connectivity index (χ0v) is 10.7. The number of Topliss-reactive ketones (excluding diaryl/α,β-unsaturated/α-hetero) is 1. The van der Waals surface area contributed by atoms with Gasteiger partial charge in [0.2, 0.25) is 0 Å². The first-order valence-electron chi connectivity index (χ1n) is 5.70. The molecule has 0 radical (unpaired) electrons. The number of ketones is 1. The van der Waals surface area contributed by atoms with Crippen LogP contribution >= 0.6 is 0 Å². The van der Waals surface area contributed by atoms with Gasteiger partial charge in [0.1, 0.15) is 5.75 Å². The van der Waals surface area contributed by atoms with Gasteiger partial charge < -0.3 is 9.64 Å². The maximum Gasteiger partial charge on any atom is 0.267 e. The second-order valence-corrected chi connectivity index (χ2v) is 4.45. The van der Waals surface area contributed by atoms with Gasteiger partial charge in [-0.15, -0.1) is 0 Å². The molecule has 0 bridgehead atoms. The van der Waals surface area contributed by atoms with Gasteiger partial charge in [0.25, 0.3) is 5.91 Å². The van der Waals surface area contributed by atoms with Crippen molar-refractivity contribution >= 4 is 17.4 Å². The van der Waals surface area contributed by atoms with Gasteiger partial charge in [0, 0.05) is 12.6 Å². The molecule has 4 heteroatoms. The van der Waals surface area contributed by atoms with Crippen LogP contribution in [-0.2, 0) is 4.79 Å². The number of hydrogen-bond acceptors (Lipinski definition) is 3. The van der Waals surface area contributed by atoms with Crippen LogP contribution in [0.2, 0.25) is 0 Å². The molecule has 0 saturated carbocycles. The van der Waals surface area contributed by atoms with Gasteiger partial charge >= 0.3 is 0 Å². The fourth-order valence-corrected chi connectivity index (χ4v) is 1.91. The number of likely N-dealkylation sites (N-methyl/N-ethyl adjacent to an activating group) is 1. The van der Waals surface area contributed by atoms with Crippen molar-refractivity contribution in [3.63, 3.8) is 0 Å². The van der Waals surface area contributed by atoms with Crippen LogP contribution < -0.4 is 9.64 Å². The van der Waals surface area contributed by atoms with Crippen molar-refractivity contribution in [3.8, 4) is 5.75 Å². The fraction of sp³-hybridized carbons (Fsp3) is 0.286. The lowest BCUT2D eigenvalue weighted by Crippen LogP contribution is -2.42. The smallest absolute Gasteiger partial charge is 0.267 e. The summed E-state index contributed by atoms with van der Waals surface area (Å²) in [6.07, 6.45) is -0.530. The topological polar surface area (TPSA) is 46.6 Å². The van der Waals surface area contributed by atoms with Crippen molar-refractivity contribution in [1.82, 2.24) is 0 Å². The minimum Gasteiger partial charge on any atom is -0.479 e. The summed E-state index contributed by atoms with van der Waals surface area (Å²) in [5, 5.41) is 0. The van der Waals surface area contributed by atoms with Crippen LogP contribution in [-0.4, -0.2) is 24.8 Å². The summed E-state index contributed by atoms with van der Waals surface area (Å²) in [5.74, 6) is 0.340. The van der Waals surface area contributed by atoms with E-state index in [0.717, 1.165) is 0 Å². The Hall–Kier alpha value is -2.10. The Bertz CT molecular complexity index is 548. The Morgan fingerprint density at radius 2 is 2.11 bits per heavy atom. The number of nitrogens with zero attached hydrogens (tertiary/aromatic N) is 1. The molecule has 1 heterocycles. The van der Waals surface area contributed by atoms with E-state index in [4.69, 9.17) is 4.74 Å². The maximum absolute atomic E-state index is 11.8. The molecule has 94 valence electrons. The van der Waals surface area contributed by atoms with Crippen molar-refractivity contribution in [1.29, 1.82) is 0 Å². The highest BCUT2D eigenvalue weighted by Gasteiger charge is 2.29. The molecule has 1 aliphatic heterocycles. The lowest BCUT2D eigenvalue weighted by Gasteiger charge is -2.30. The van der Waals surface area contributed by atoms with Crippen LogP contribution in [0, 0.1) is 0 Å². The predicted molar refractivity (Wildman–Crippen MR) is 69.1 cm³/mol. The SMILES string of the molecule is C=C(C)C(=O)c1ccc2c(c1)OC(C)C(=O)N2C. The van der Waals surface area contributed by atoms with E-state index in [1.165, 1.54) is 0 Å². The van der Waals surface area contributed by atoms with E-state index in [1.54, 1.807) is 44.0 Å². The van der Waals surface area contributed by atoms with Crippen molar-refractivity contribution in [3.05, 3.63) is 35.9 Å². The average molecular weight is 245 g/mol. The van der Waals surface area contributed by atoms with E-state index in [9.17, 15) is 9.59 Å². The van der Waals surface area contributed by atoms with Crippen LogP contribution in [0.25, 0.3) is 0 Å². The van der Waals surface area contributed by atoms with Crippen LogP contribution in [0.15, 0.2) is 30.4 Å². The Kier molecular flexibility index (Phi) is 2.95. The highest BCUT2D eigenvalue weighted by Crippen LogP contribution is 2.34. The molecule has 0 saturated heterocycles. The summed E-state index contributed by atoms with van der Waals surface area (Å²) in [5.41, 5.74) is 1.68. The molecule has 0 aromatic heterocycles. The van der Waals surface area contributed by atoms with Gasteiger partial charge in [0.15, 0.2) is 11.9 Å². The van der Waals surface area contributed by atoms with E-state index in [2.05, 4.69) is 6.58 Å². The van der Waals surface area contributed by atoms with Crippen LogP contribution in [0.5, 0.6) is 5.75 Å². The van der Waals surface area contributed by atoms with Crippen LogP contribution in [0.3, 0.4) is 0 Å². The van der Waals surface area contributed by atoms with Crippen LogP contribution in [0.1, 0.15) is 24.2 Å². The molecular weight excluding hydrogens is 230 g/mol. The third kappa shape index (κ3) is 1.90. The van der Waals surface area contributed by atoms with Gasteiger partial charge in [0.05, 0.1) is 5.69 Å². The molecule has 1 atom stereocenters. The average Bonchev–Trinajstić information content (AvgIpc) is 2.34. The molecule has 18 heavy (non-hydrogen) atoms. The van der Waals surface area contributed by atoms with E-state index < -0.39 is 6.10 Å². The standard InChI is InChI=1S/C14H15NO3/c1-8(2)13(16)10-5-6-11-12(7-10)18-9(3)14(17)15(11)4/h5-7,9H,1H2,2-4H3. The number of amides is 1. The highest BCUT2D eigenvalue weighted by atomic mass is 16.5. The predicted octanol–water partition coefficient (Wildman–Crippen LogP) is 2.19. The Morgan fingerprint density at radius 1 is 1.44 bits per heavy atom. The second-order valence-electron chi connectivity index (χ2n) is 4.45. The number of hydrogen-bond donors (Lipinski definition) is 0. The minimum atomic E-state index is -0.530. The largest absolute Gasteiger partial charge is 0.479 e. The van der Waals surface area contributed by atoms with Crippen molar-refractivity contribution in [2.75, 3.05) is 11.9 Å². The monoisotopic (exact) mass is 245 g/mol. The molecule has 1 aromatic carbocycles. The summed E-state index contributed by atoms with van der Waals surface area (Å²) < 4.78 is 5.51. The first kappa shape index (κ1) is 12.4. The fourth-order valence-electron chi connectivity index (χ4n) is 1.91. The molecule has 0 N–H and O–H groups in total. The molecule has 0 spiro atoms. The Balaban J connectivity index is 2.45. The molecule has 1 amide bonds. The lowest BCUT2D eigenvalue weighted by molar-refractivity contribution is -0.125. The van der Waals surface area contributed by atoms with Gasteiger partial charge in [-0.2, -0.15) is 0 Å². The molecule has 1 aliphatic rings. The molecule has 2 rings (SSSR count). The normalized spacial score (nSPS) is 18.1. The number of rotatable bonds is 2. The molecule has 1 aromatic rings. The summed E-state index contributed by atoms with van der Waals surface area (Å²) in [6.45, 7) is 6.99. The molecule has 0 fully saturated rings. The van der Waals surface area contributed by atoms with E-state index in [-0.39, 0.29) is 11.7 Å². The first-order chi connectivity index (χ1) is 8.41. The third-order valence-corrected chi connectivity index (χ3v) is 2.95. The number of benzene rings is 1. The quantitative estimate of drug-likeness (QED) is 0.592. The zero-order chi connectivity index (χ0) is 13.4. The summed E-state index contributed by atoms with van der Waals surface area (Å²) >= 11 is 0. The highest BCUT2D eigenvalue weighted by molar-refractivity contribution is 6.09. The number of carbonyl (C=O) groups excluding carboxylic acids is 2. The summed E-state index contributed by atoms with van der Waals surface area (Å²) in [7, 11) is 1.69. The minimum absolute atomic E-state index is 0.0959. The number of carbonyl (C=O) groups is 2. The third-order valence-electron chi connectivity index (χ3n) is 2.95. The van der Waals surface area contributed by atoms with E-state index in [0.29, 0.717) is 22.6 Å². The summed E-state index contributed by atoms with van der Waals surface area (Å²) in [6, 6.07) is 5.06. The van der Waals surface area contributed by atoms with Crippen molar-refractivity contribution in [2.45, 2.75) is 20.0 Å². The van der Waals surface area contributed by atoms with Crippen molar-refractivity contribution < 1.29 is 14.3 Å². The van der Waals surface area contributed by atoms with Gasteiger partial charge in [-0.05, 0) is 37.6 Å². The number of fused-ring (bicyclic) bond motifs is 1. The zero-order valence-electron chi connectivity index (χ0n) is 10.7. The molecule has 1 unspecified atom stereocenters. The molecule has 4 nitrogen and oxygen atoms in total. The summed E-state index contributed by atoms with van der Waals surface area (Å²) in [4.78, 5) is 25.1. The van der Waals surface area contributed by atoms with Crippen molar-refractivity contribution in [2.24, 2.45) is 0 Å². The lowest BCUT2D eigenvalue weighted by atomic mass is 10.0. The maximum atomic E-state index is 11.8. The first-order valence-corrected chi connectivity index (χ1v) is 5.70. The van der Waals surface area contributed by atoms with Crippen LogP contribution in [0.4, 0.5) is 5.69 Å². The second kappa shape index (κ2) is 4.29. The molecule has 0 aliphatic carbocycles.